The van der Waals surface area contributed by atoms with Gasteiger partial charge in [0.1, 0.15) is 0 Å². The fraction of sp³-hybridized carbons (Fsp3) is 0.333. The SMILES string of the molecule is CCC(N1c2ccccc2Sc2ccccc21)[N+](C)(C)C.[I-]. The lowest BCUT2D eigenvalue weighted by atomic mass is 10.1. The van der Waals surface area contributed by atoms with Gasteiger partial charge in [0.15, 0.2) is 6.17 Å². The first-order valence-corrected chi connectivity index (χ1v) is 8.30. The van der Waals surface area contributed by atoms with Crippen molar-refractivity contribution in [1.29, 1.82) is 0 Å². The van der Waals surface area contributed by atoms with Crippen molar-refractivity contribution in [2.45, 2.75) is 29.3 Å². The van der Waals surface area contributed by atoms with Crippen LogP contribution in [0.15, 0.2) is 58.3 Å². The van der Waals surface area contributed by atoms with Crippen molar-refractivity contribution < 1.29 is 28.5 Å². The molecular formula is C18H23IN2S. The molecule has 3 rings (SSSR count). The minimum Gasteiger partial charge on any atom is -1.00 e. The van der Waals surface area contributed by atoms with Crippen LogP contribution in [0.3, 0.4) is 0 Å². The highest BCUT2D eigenvalue weighted by atomic mass is 127. The predicted octanol–water partition coefficient (Wildman–Crippen LogP) is 1.74. The summed E-state index contributed by atoms with van der Waals surface area (Å²) in [5, 5.41) is 0. The van der Waals surface area contributed by atoms with Gasteiger partial charge in [-0.1, -0.05) is 43.0 Å². The maximum absolute atomic E-state index is 2.53. The first kappa shape index (κ1) is 17.6. The normalized spacial score (nSPS) is 14.6. The number of benzene rings is 2. The van der Waals surface area contributed by atoms with Gasteiger partial charge in [-0.15, -0.1) is 0 Å². The molecule has 1 unspecified atom stereocenters. The Kier molecular flexibility index (Phi) is 5.45. The lowest BCUT2D eigenvalue weighted by Crippen LogP contribution is -3.00. The van der Waals surface area contributed by atoms with Crippen molar-refractivity contribution in [3.8, 4) is 0 Å². The highest BCUT2D eigenvalue weighted by molar-refractivity contribution is 7.99. The Balaban J connectivity index is 0.00000176. The second kappa shape index (κ2) is 6.81. The molecule has 2 aromatic carbocycles. The second-order valence-electron chi connectivity index (χ2n) is 6.41. The zero-order chi connectivity index (χ0) is 15.0. The number of fused-ring (bicyclic) bond motifs is 2. The van der Waals surface area contributed by atoms with E-state index >= 15 is 0 Å². The molecule has 0 bridgehead atoms. The van der Waals surface area contributed by atoms with Gasteiger partial charge in [0, 0.05) is 16.2 Å². The third-order valence-electron chi connectivity index (χ3n) is 4.03. The van der Waals surface area contributed by atoms with Crippen LogP contribution in [-0.2, 0) is 0 Å². The van der Waals surface area contributed by atoms with Crippen LogP contribution < -0.4 is 28.9 Å². The van der Waals surface area contributed by atoms with E-state index in [2.05, 4.69) is 81.5 Å². The van der Waals surface area contributed by atoms with E-state index in [4.69, 9.17) is 0 Å². The summed E-state index contributed by atoms with van der Waals surface area (Å²) in [4.78, 5) is 5.23. The van der Waals surface area contributed by atoms with Crippen LogP contribution in [0.2, 0.25) is 0 Å². The lowest BCUT2D eigenvalue weighted by molar-refractivity contribution is -0.895. The molecule has 0 aliphatic carbocycles. The van der Waals surface area contributed by atoms with E-state index in [0.29, 0.717) is 6.17 Å². The van der Waals surface area contributed by atoms with E-state index in [1.165, 1.54) is 21.2 Å². The summed E-state index contributed by atoms with van der Waals surface area (Å²) in [5.41, 5.74) is 2.67. The van der Waals surface area contributed by atoms with Crippen LogP contribution in [0.4, 0.5) is 11.4 Å². The Bertz CT molecular complexity index is 606. The first-order valence-electron chi connectivity index (χ1n) is 7.48. The second-order valence-corrected chi connectivity index (χ2v) is 7.50. The molecule has 2 aromatic rings. The number of hydrogen-bond donors (Lipinski definition) is 0. The van der Waals surface area contributed by atoms with Crippen LogP contribution in [0.25, 0.3) is 0 Å². The van der Waals surface area contributed by atoms with Crippen LogP contribution >= 0.6 is 11.8 Å². The molecule has 1 atom stereocenters. The third kappa shape index (κ3) is 3.14. The third-order valence-corrected chi connectivity index (χ3v) is 5.16. The molecule has 0 amide bonds. The minimum absolute atomic E-state index is 0. The van der Waals surface area contributed by atoms with Crippen LogP contribution in [0.1, 0.15) is 13.3 Å². The zero-order valence-electron chi connectivity index (χ0n) is 13.6. The number of quaternary nitrogens is 1. The number of rotatable bonds is 3. The van der Waals surface area contributed by atoms with E-state index in [1.807, 2.05) is 11.8 Å². The number of hydrogen-bond acceptors (Lipinski definition) is 2. The van der Waals surface area contributed by atoms with Gasteiger partial charge < -0.3 is 28.5 Å². The molecule has 0 saturated heterocycles. The monoisotopic (exact) mass is 426 g/mol. The highest BCUT2D eigenvalue weighted by Gasteiger charge is 2.35. The van der Waals surface area contributed by atoms with Crippen LogP contribution in [-0.4, -0.2) is 31.8 Å². The smallest absolute Gasteiger partial charge is 0.168 e. The number of anilines is 2. The molecule has 0 aromatic heterocycles. The van der Waals surface area contributed by atoms with Gasteiger partial charge in [0.25, 0.3) is 0 Å². The largest absolute Gasteiger partial charge is 1.00 e. The zero-order valence-corrected chi connectivity index (χ0v) is 16.6. The van der Waals surface area contributed by atoms with E-state index in [9.17, 15) is 0 Å². The molecule has 1 aliphatic rings. The van der Waals surface area contributed by atoms with Crippen molar-refractivity contribution in [1.82, 2.24) is 0 Å². The minimum atomic E-state index is 0. The quantitative estimate of drug-likeness (QED) is 0.544. The summed E-state index contributed by atoms with van der Waals surface area (Å²) in [5.74, 6) is 0. The van der Waals surface area contributed by atoms with Gasteiger partial charge in [-0.2, -0.15) is 0 Å². The maximum Gasteiger partial charge on any atom is 0.168 e. The fourth-order valence-electron chi connectivity index (χ4n) is 3.13. The molecule has 1 heterocycles. The molecule has 0 spiro atoms. The predicted molar refractivity (Wildman–Crippen MR) is 91.3 cm³/mol. The summed E-state index contributed by atoms with van der Waals surface area (Å²) < 4.78 is 0.920. The number of para-hydroxylation sites is 2. The van der Waals surface area contributed by atoms with Gasteiger partial charge in [-0.05, 0) is 24.3 Å². The standard InChI is InChI=1S/C18H23N2S.HI/c1-5-18(20(2,3)4)19-14-10-6-8-12-16(14)21-17-13-9-7-11-15(17)19;/h6-13,18H,5H2,1-4H3;1H/q+1;/p-1. The Morgan fingerprint density at radius 1 is 0.909 bits per heavy atom. The van der Waals surface area contributed by atoms with Crippen molar-refractivity contribution >= 4 is 23.1 Å². The molecular weight excluding hydrogens is 403 g/mol. The summed E-state index contributed by atoms with van der Waals surface area (Å²) in [7, 11) is 6.84. The molecule has 0 radical (unpaired) electrons. The van der Waals surface area contributed by atoms with Gasteiger partial charge in [0.2, 0.25) is 0 Å². The maximum atomic E-state index is 2.53. The van der Waals surface area contributed by atoms with Gasteiger partial charge >= 0.3 is 0 Å². The number of nitrogens with zero attached hydrogens (tertiary/aromatic N) is 2. The number of halogens is 1. The molecule has 0 fully saturated rings. The Hall–Kier alpha value is -0.720. The van der Waals surface area contributed by atoms with E-state index in [-0.39, 0.29) is 24.0 Å². The molecule has 22 heavy (non-hydrogen) atoms. The summed E-state index contributed by atoms with van der Waals surface area (Å²) in [6.45, 7) is 2.28. The summed E-state index contributed by atoms with van der Waals surface area (Å²) >= 11 is 1.88. The van der Waals surface area contributed by atoms with E-state index in [0.717, 1.165) is 10.9 Å². The molecule has 2 nitrogen and oxygen atoms in total. The van der Waals surface area contributed by atoms with E-state index in [1.54, 1.807) is 0 Å². The van der Waals surface area contributed by atoms with Crippen molar-refractivity contribution in [2.24, 2.45) is 0 Å². The molecule has 4 heteroatoms. The van der Waals surface area contributed by atoms with Crippen molar-refractivity contribution in [3.63, 3.8) is 0 Å². The molecule has 118 valence electrons. The fourth-order valence-corrected chi connectivity index (χ4v) is 4.20. The highest BCUT2D eigenvalue weighted by Crippen LogP contribution is 2.49. The molecule has 1 aliphatic heterocycles. The first-order chi connectivity index (χ1) is 10.0. The van der Waals surface area contributed by atoms with Crippen LogP contribution in [0.5, 0.6) is 0 Å². The van der Waals surface area contributed by atoms with Gasteiger partial charge in [-0.25, -0.2) is 0 Å². The summed E-state index contributed by atoms with van der Waals surface area (Å²) in [6, 6.07) is 17.5. The Morgan fingerprint density at radius 3 is 1.77 bits per heavy atom. The lowest BCUT2D eigenvalue weighted by Gasteiger charge is -2.44. The Morgan fingerprint density at radius 2 is 1.36 bits per heavy atom. The average Bonchev–Trinajstić information content (AvgIpc) is 2.46. The van der Waals surface area contributed by atoms with Crippen molar-refractivity contribution in [3.05, 3.63) is 48.5 Å². The van der Waals surface area contributed by atoms with Crippen molar-refractivity contribution in [2.75, 3.05) is 26.0 Å². The van der Waals surface area contributed by atoms with E-state index < -0.39 is 0 Å². The molecule has 0 N–H and O–H groups in total. The topological polar surface area (TPSA) is 3.24 Å². The summed E-state index contributed by atoms with van der Waals surface area (Å²) in [6.07, 6.45) is 1.53. The van der Waals surface area contributed by atoms with Gasteiger partial charge in [0.05, 0.1) is 32.5 Å². The van der Waals surface area contributed by atoms with Gasteiger partial charge in [-0.3, -0.25) is 4.90 Å². The Labute approximate surface area is 155 Å². The molecule has 0 saturated carbocycles. The van der Waals surface area contributed by atoms with Crippen LogP contribution in [0, 0.1) is 0 Å². The average molecular weight is 426 g/mol.